The Kier molecular flexibility index (Phi) is 4.61. The second kappa shape index (κ2) is 4.69. The number of hydrogen-bond acceptors (Lipinski definition) is 4. The van der Waals surface area contributed by atoms with Crippen LogP contribution in [0.4, 0.5) is 0 Å². The first-order valence-electron chi connectivity index (χ1n) is 2.86. The molecule has 4 heteroatoms. The number of hydrazine groups is 1. The summed E-state index contributed by atoms with van der Waals surface area (Å²) in [6, 6.07) is 0. The Bertz CT molecular complexity index is 68.0. The molecule has 0 aromatic rings. The second-order valence-corrected chi connectivity index (χ2v) is 1.69. The van der Waals surface area contributed by atoms with Gasteiger partial charge >= 0.3 is 0 Å². The van der Waals surface area contributed by atoms with Crippen molar-refractivity contribution >= 4 is 0 Å². The summed E-state index contributed by atoms with van der Waals surface area (Å²) in [6.07, 6.45) is 0. The molecule has 0 saturated carbocycles. The van der Waals surface area contributed by atoms with Crippen molar-refractivity contribution in [2.24, 2.45) is 0 Å². The van der Waals surface area contributed by atoms with E-state index in [9.17, 15) is 0 Å². The molecule has 4 nitrogen and oxygen atoms in total. The lowest BCUT2D eigenvalue weighted by molar-refractivity contribution is -0.440. The van der Waals surface area contributed by atoms with E-state index in [2.05, 4.69) is 0 Å². The zero-order valence-electron chi connectivity index (χ0n) is 6.42. The van der Waals surface area contributed by atoms with Crippen molar-refractivity contribution in [1.29, 1.82) is 0 Å². The summed E-state index contributed by atoms with van der Waals surface area (Å²) < 4.78 is 0. The molecule has 9 heavy (non-hydrogen) atoms. The molecule has 0 unspecified atom stereocenters. The van der Waals surface area contributed by atoms with Gasteiger partial charge in [0.15, 0.2) is 0 Å². The Labute approximate surface area is 55.8 Å². The standard InChI is InChI=1S/C5H14N2O2/c1-5-9-7(8-4)6(2)3/h5H2,1-4H3. The first-order chi connectivity index (χ1) is 4.22. The summed E-state index contributed by atoms with van der Waals surface area (Å²) in [4.78, 5) is 9.78. The molecule has 0 heterocycles. The van der Waals surface area contributed by atoms with Crippen molar-refractivity contribution in [3.8, 4) is 0 Å². The fourth-order valence-corrected chi connectivity index (χ4v) is 0.442. The number of rotatable bonds is 4. The van der Waals surface area contributed by atoms with Crippen molar-refractivity contribution in [3.05, 3.63) is 0 Å². The molecule has 0 rings (SSSR count). The van der Waals surface area contributed by atoms with Crippen LogP contribution in [0.25, 0.3) is 0 Å². The zero-order valence-corrected chi connectivity index (χ0v) is 6.42. The molecule has 0 aliphatic carbocycles. The van der Waals surface area contributed by atoms with Crippen LogP contribution in [0, 0.1) is 0 Å². The van der Waals surface area contributed by atoms with Crippen molar-refractivity contribution in [2.45, 2.75) is 6.92 Å². The molecule has 0 aromatic heterocycles. The van der Waals surface area contributed by atoms with Crippen LogP contribution in [0.2, 0.25) is 0 Å². The van der Waals surface area contributed by atoms with E-state index >= 15 is 0 Å². The lowest BCUT2D eigenvalue weighted by atomic mass is 10.9. The van der Waals surface area contributed by atoms with Crippen LogP contribution < -0.4 is 0 Å². The lowest BCUT2D eigenvalue weighted by Gasteiger charge is -2.23. The van der Waals surface area contributed by atoms with E-state index in [-0.39, 0.29) is 0 Å². The maximum atomic E-state index is 4.99. The highest BCUT2D eigenvalue weighted by Gasteiger charge is 2.02. The van der Waals surface area contributed by atoms with Crippen LogP contribution in [0.15, 0.2) is 0 Å². The lowest BCUT2D eigenvalue weighted by Crippen LogP contribution is -2.35. The minimum Gasteiger partial charge on any atom is -0.264 e. The number of hydrogen-bond donors (Lipinski definition) is 0. The Balaban J connectivity index is 3.41. The van der Waals surface area contributed by atoms with Crippen LogP contribution in [-0.4, -0.2) is 38.2 Å². The summed E-state index contributed by atoms with van der Waals surface area (Å²) in [7, 11) is 5.22. The molecule has 56 valence electrons. The Hall–Kier alpha value is -0.160. The van der Waals surface area contributed by atoms with Crippen LogP contribution in [0.5, 0.6) is 0 Å². The predicted octanol–water partition coefficient (Wildman–Crippen LogP) is 0.278. The van der Waals surface area contributed by atoms with Crippen molar-refractivity contribution in [1.82, 2.24) is 10.3 Å². The van der Waals surface area contributed by atoms with E-state index in [0.29, 0.717) is 6.61 Å². The molecule has 0 amide bonds. The maximum absolute atomic E-state index is 4.99. The second-order valence-electron chi connectivity index (χ2n) is 1.69. The Morgan fingerprint density at radius 1 is 1.33 bits per heavy atom. The molecule has 0 N–H and O–H groups in total. The average molecular weight is 134 g/mol. The van der Waals surface area contributed by atoms with Gasteiger partial charge in [0.2, 0.25) is 0 Å². The average Bonchev–Trinajstić information content (AvgIpc) is 1.82. The first-order valence-corrected chi connectivity index (χ1v) is 2.86. The van der Waals surface area contributed by atoms with Crippen molar-refractivity contribution in [3.63, 3.8) is 0 Å². The smallest absolute Gasteiger partial charge is 0.0698 e. The van der Waals surface area contributed by atoms with Gasteiger partial charge in [-0.05, 0) is 6.92 Å². The van der Waals surface area contributed by atoms with E-state index in [0.717, 1.165) is 0 Å². The highest BCUT2D eigenvalue weighted by atomic mass is 17.0. The Morgan fingerprint density at radius 2 is 1.89 bits per heavy atom. The molecule has 0 spiro atoms. The van der Waals surface area contributed by atoms with Crippen LogP contribution in [-0.2, 0) is 9.68 Å². The first kappa shape index (κ1) is 8.84. The van der Waals surface area contributed by atoms with Gasteiger partial charge in [-0.25, -0.2) is 0 Å². The highest BCUT2D eigenvalue weighted by Crippen LogP contribution is 1.90. The SMILES string of the molecule is CCON(OC)N(C)C. The normalized spacial score (nSPS) is 11.3. The summed E-state index contributed by atoms with van der Waals surface area (Å²) in [6.45, 7) is 2.50. The highest BCUT2D eigenvalue weighted by molar-refractivity contribution is 4.12. The van der Waals surface area contributed by atoms with E-state index in [1.807, 2.05) is 21.0 Å². The molecule has 0 atom stereocenters. The van der Waals surface area contributed by atoms with Gasteiger partial charge in [0.1, 0.15) is 0 Å². The monoisotopic (exact) mass is 134 g/mol. The summed E-state index contributed by atoms with van der Waals surface area (Å²) in [5.74, 6) is 0. The molecule has 0 saturated heterocycles. The third-order valence-electron chi connectivity index (χ3n) is 0.722. The van der Waals surface area contributed by atoms with Gasteiger partial charge in [-0.3, -0.25) is 9.68 Å². The molecule has 0 fully saturated rings. The Morgan fingerprint density at radius 3 is 2.00 bits per heavy atom. The fourth-order valence-electron chi connectivity index (χ4n) is 0.442. The van der Waals surface area contributed by atoms with Crippen LogP contribution in [0.3, 0.4) is 0 Å². The topological polar surface area (TPSA) is 24.9 Å². The van der Waals surface area contributed by atoms with E-state index in [1.54, 1.807) is 12.1 Å². The molecule has 0 aliphatic rings. The van der Waals surface area contributed by atoms with Crippen molar-refractivity contribution < 1.29 is 9.68 Å². The van der Waals surface area contributed by atoms with Gasteiger partial charge in [-0.2, -0.15) is 5.01 Å². The number of nitrogens with zero attached hydrogens (tertiary/aromatic N) is 2. The molecule has 0 aromatic carbocycles. The largest absolute Gasteiger partial charge is 0.264 e. The van der Waals surface area contributed by atoms with Gasteiger partial charge in [0, 0.05) is 19.4 Å². The van der Waals surface area contributed by atoms with Gasteiger partial charge in [0.05, 0.1) is 13.7 Å². The summed E-state index contributed by atoms with van der Waals surface area (Å²) in [5, 5.41) is 3.00. The maximum Gasteiger partial charge on any atom is 0.0698 e. The minimum absolute atomic E-state index is 0.603. The van der Waals surface area contributed by atoms with Gasteiger partial charge in [0.25, 0.3) is 0 Å². The molecule has 0 bridgehead atoms. The predicted molar refractivity (Wildman–Crippen MR) is 34.2 cm³/mol. The van der Waals surface area contributed by atoms with Gasteiger partial charge in [-0.1, -0.05) is 0 Å². The summed E-state index contributed by atoms with van der Waals surface area (Å²) >= 11 is 0. The zero-order chi connectivity index (χ0) is 7.28. The van der Waals surface area contributed by atoms with Crippen LogP contribution in [0.1, 0.15) is 6.92 Å². The fraction of sp³-hybridized carbons (Fsp3) is 1.00. The molecular weight excluding hydrogens is 120 g/mol. The molecular formula is C5H14N2O2. The van der Waals surface area contributed by atoms with Gasteiger partial charge < -0.3 is 0 Å². The van der Waals surface area contributed by atoms with Crippen molar-refractivity contribution in [2.75, 3.05) is 27.8 Å². The molecule has 0 aliphatic heterocycles. The van der Waals surface area contributed by atoms with Crippen LogP contribution >= 0.6 is 0 Å². The minimum atomic E-state index is 0.603. The summed E-state index contributed by atoms with van der Waals surface area (Å²) in [5.41, 5.74) is 0. The molecule has 0 radical (unpaired) electrons. The quantitative estimate of drug-likeness (QED) is 0.515. The third-order valence-corrected chi connectivity index (χ3v) is 0.722. The third kappa shape index (κ3) is 3.42. The van der Waals surface area contributed by atoms with E-state index in [4.69, 9.17) is 9.68 Å². The van der Waals surface area contributed by atoms with E-state index < -0.39 is 0 Å². The van der Waals surface area contributed by atoms with E-state index in [1.165, 1.54) is 5.34 Å². The van der Waals surface area contributed by atoms with Gasteiger partial charge in [-0.15, -0.1) is 0 Å².